The van der Waals surface area contributed by atoms with E-state index in [2.05, 4.69) is 40.7 Å². The van der Waals surface area contributed by atoms with E-state index >= 15 is 0 Å². The van der Waals surface area contributed by atoms with Crippen LogP contribution in [-0.4, -0.2) is 0 Å². The van der Waals surface area contributed by atoms with Crippen molar-refractivity contribution in [3.05, 3.63) is 11.6 Å². The van der Waals surface area contributed by atoms with Gasteiger partial charge in [0, 0.05) is 0 Å². The fraction of sp³-hybridized carbons (Fsp3) is 0.917. The zero-order valence-electron chi connectivity index (χ0n) is 16.9. The van der Waals surface area contributed by atoms with Crippen molar-refractivity contribution < 1.29 is 0 Å². The van der Waals surface area contributed by atoms with E-state index in [0.717, 1.165) is 40.9 Å². The van der Waals surface area contributed by atoms with Crippen molar-refractivity contribution in [3.63, 3.8) is 0 Å². The summed E-state index contributed by atoms with van der Waals surface area (Å²) in [5.41, 5.74) is 3.24. The van der Waals surface area contributed by atoms with Crippen LogP contribution in [0.15, 0.2) is 11.6 Å². The zero-order valence-corrected chi connectivity index (χ0v) is 16.9. The highest BCUT2D eigenvalue weighted by molar-refractivity contribution is 5.23. The summed E-state index contributed by atoms with van der Waals surface area (Å²) >= 11 is 0. The first kappa shape index (κ1) is 17.2. The van der Waals surface area contributed by atoms with Gasteiger partial charge in [-0.25, -0.2) is 0 Å². The molecule has 136 valence electrons. The van der Waals surface area contributed by atoms with Crippen molar-refractivity contribution >= 4 is 0 Å². The summed E-state index contributed by atoms with van der Waals surface area (Å²) in [5, 5.41) is 0. The van der Waals surface area contributed by atoms with Crippen LogP contribution in [0.2, 0.25) is 0 Å². The summed E-state index contributed by atoms with van der Waals surface area (Å²) < 4.78 is 0. The fourth-order valence-corrected chi connectivity index (χ4v) is 7.92. The average Bonchev–Trinajstić information content (AvgIpc) is 2.94. The average molecular weight is 329 g/mol. The normalized spacial score (nSPS) is 51.3. The molecule has 0 aromatic carbocycles. The molecule has 4 fully saturated rings. The third kappa shape index (κ3) is 2.45. The molecular weight excluding hydrogens is 288 g/mol. The predicted molar refractivity (Wildman–Crippen MR) is 104 cm³/mol. The Labute approximate surface area is 150 Å². The molecule has 0 radical (unpaired) electrons. The molecule has 4 aliphatic carbocycles. The number of hydrogen-bond donors (Lipinski definition) is 0. The first-order valence-electron chi connectivity index (χ1n) is 11.1. The smallest absolute Gasteiger partial charge is 0.0146 e. The van der Waals surface area contributed by atoms with Crippen LogP contribution in [0, 0.1) is 46.3 Å². The highest BCUT2D eigenvalue weighted by Crippen LogP contribution is 2.70. The van der Waals surface area contributed by atoms with E-state index in [1.807, 2.05) is 5.57 Å². The van der Waals surface area contributed by atoms with Crippen molar-refractivity contribution in [2.24, 2.45) is 46.3 Å². The Morgan fingerprint density at radius 2 is 2.00 bits per heavy atom. The van der Waals surface area contributed by atoms with Gasteiger partial charge in [-0.05, 0) is 97.7 Å². The topological polar surface area (TPSA) is 0 Å². The van der Waals surface area contributed by atoms with Crippen LogP contribution in [-0.2, 0) is 0 Å². The van der Waals surface area contributed by atoms with Crippen molar-refractivity contribution in [2.45, 2.75) is 92.4 Å². The van der Waals surface area contributed by atoms with Gasteiger partial charge in [0.2, 0.25) is 0 Å². The van der Waals surface area contributed by atoms with Gasteiger partial charge in [0.15, 0.2) is 0 Å². The first-order valence-corrected chi connectivity index (χ1v) is 11.1. The Bertz CT molecular complexity index is 516. The maximum absolute atomic E-state index is 2.82. The minimum absolute atomic E-state index is 0.614. The van der Waals surface area contributed by atoms with E-state index in [1.165, 1.54) is 51.4 Å². The highest BCUT2D eigenvalue weighted by atomic mass is 14.7. The van der Waals surface area contributed by atoms with E-state index in [-0.39, 0.29) is 0 Å². The van der Waals surface area contributed by atoms with Gasteiger partial charge in [0.05, 0.1) is 0 Å². The van der Waals surface area contributed by atoms with E-state index in [1.54, 1.807) is 6.42 Å². The summed E-state index contributed by atoms with van der Waals surface area (Å²) in [6.45, 7) is 12.6. The third-order valence-electron chi connectivity index (χ3n) is 9.43. The molecule has 0 aromatic heterocycles. The Morgan fingerprint density at radius 3 is 2.67 bits per heavy atom. The summed E-state index contributed by atoms with van der Waals surface area (Å²) in [5.74, 6) is 5.71. The molecule has 0 spiro atoms. The summed E-state index contributed by atoms with van der Waals surface area (Å²) in [4.78, 5) is 0. The third-order valence-corrected chi connectivity index (χ3v) is 9.43. The number of hydrogen-bond acceptors (Lipinski definition) is 0. The number of fused-ring (bicyclic) bond motifs is 2. The molecular formula is C24H40. The van der Waals surface area contributed by atoms with Crippen LogP contribution in [0.1, 0.15) is 92.4 Å². The highest BCUT2D eigenvalue weighted by Gasteiger charge is 2.61. The molecule has 0 nitrogen and oxygen atoms in total. The predicted octanol–water partition coefficient (Wildman–Crippen LogP) is 7.25. The quantitative estimate of drug-likeness (QED) is 0.477. The Kier molecular flexibility index (Phi) is 4.21. The molecule has 5 unspecified atom stereocenters. The SMILES string of the molecule is CC[C@@H](C)C1CCC2/C(=C/C(C)C34CC3C[C@H](C)C4)CCC[C@@]21C. The second kappa shape index (κ2) is 5.88. The Morgan fingerprint density at radius 1 is 1.21 bits per heavy atom. The lowest BCUT2D eigenvalue weighted by molar-refractivity contribution is 0.0953. The fourth-order valence-electron chi connectivity index (χ4n) is 7.92. The van der Waals surface area contributed by atoms with Crippen LogP contribution < -0.4 is 0 Å². The molecule has 4 aliphatic rings. The molecule has 0 aromatic rings. The second-order valence-electron chi connectivity index (χ2n) is 10.7. The van der Waals surface area contributed by atoms with Crippen LogP contribution in [0.5, 0.6) is 0 Å². The molecule has 0 saturated heterocycles. The van der Waals surface area contributed by atoms with E-state index < -0.39 is 0 Å². The van der Waals surface area contributed by atoms with Crippen molar-refractivity contribution in [1.29, 1.82) is 0 Å². The van der Waals surface area contributed by atoms with Crippen LogP contribution in [0.4, 0.5) is 0 Å². The molecule has 0 heteroatoms. The van der Waals surface area contributed by atoms with Crippen molar-refractivity contribution in [3.8, 4) is 0 Å². The van der Waals surface area contributed by atoms with E-state index in [0.29, 0.717) is 5.41 Å². The van der Waals surface area contributed by atoms with Crippen LogP contribution in [0.3, 0.4) is 0 Å². The minimum Gasteiger partial charge on any atom is -0.0816 e. The molecule has 24 heavy (non-hydrogen) atoms. The standard InChI is InChI=1S/C24H40/c1-6-17(3)21-9-10-22-19(8-7-11-23(21,22)5)13-18(4)24-14-16(2)12-20(24)15-24/h13,16-18,20-22H,6-12,14-15H2,1-5H3/b19-13+/t16-,17+,18?,20?,21?,22?,23+,24?/m0/s1. The molecule has 0 heterocycles. The molecule has 0 aliphatic heterocycles. The molecule has 8 atom stereocenters. The lowest BCUT2D eigenvalue weighted by Crippen LogP contribution is -2.36. The Hall–Kier alpha value is -0.260. The van der Waals surface area contributed by atoms with E-state index in [4.69, 9.17) is 0 Å². The summed E-state index contributed by atoms with van der Waals surface area (Å²) in [7, 11) is 0. The lowest BCUT2D eigenvalue weighted by Gasteiger charge is -2.44. The van der Waals surface area contributed by atoms with Crippen molar-refractivity contribution in [1.82, 2.24) is 0 Å². The largest absolute Gasteiger partial charge is 0.0816 e. The monoisotopic (exact) mass is 328 g/mol. The van der Waals surface area contributed by atoms with Gasteiger partial charge in [0.1, 0.15) is 0 Å². The van der Waals surface area contributed by atoms with Crippen molar-refractivity contribution in [2.75, 3.05) is 0 Å². The molecule has 4 saturated carbocycles. The lowest BCUT2D eigenvalue weighted by atomic mass is 9.60. The maximum Gasteiger partial charge on any atom is -0.0146 e. The van der Waals surface area contributed by atoms with Gasteiger partial charge in [-0.1, -0.05) is 52.7 Å². The van der Waals surface area contributed by atoms with Gasteiger partial charge < -0.3 is 0 Å². The Balaban J connectivity index is 1.54. The number of allylic oxidation sites excluding steroid dienone is 2. The molecule has 0 N–H and O–H groups in total. The van der Waals surface area contributed by atoms with Gasteiger partial charge in [-0.2, -0.15) is 0 Å². The van der Waals surface area contributed by atoms with Gasteiger partial charge in [-0.3, -0.25) is 0 Å². The zero-order chi connectivity index (χ0) is 17.1. The van der Waals surface area contributed by atoms with Crippen LogP contribution in [0.25, 0.3) is 0 Å². The molecule has 0 bridgehead atoms. The number of rotatable bonds is 4. The maximum atomic E-state index is 2.82. The van der Waals surface area contributed by atoms with E-state index in [9.17, 15) is 0 Å². The first-order chi connectivity index (χ1) is 11.4. The summed E-state index contributed by atoms with van der Waals surface area (Å²) in [6, 6.07) is 0. The summed E-state index contributed by atoms with van der Waals surface area (Å²) in [6.07, 6.45) is 16.1. The van der Waals surface area contributed by atoms with Gasteiger partial charge in [-0.15, -0.1) is 0 Å². The van der Waals surface area contributed by atoms with Crippen LogP contribution >= 0.6 is 0 Å². The molecule has 0 amide bonds. The van der Waals surface area contributed by atoms with Gasteiger partial charge in [0.25, 0.3) is 0 Å². The van der Waals surface area contributed by atoms with Gasteiger partial charge >= 0.3 is 0 Å². The molecule has 4 rings (SSSR count). The minimum atomic E-state index is 0.614. The second-order valence-corrected chi connectivity index (χ2v) is 10.7.